The Bertz CT molecular complexity index is 650. The Balaban J connectivity index is 2.50. The van der Waals surface area contributed by atoms with Crippen LogP contribution in [0, 0.1) is 15.9 Å². The molecule has 0 radical (unpaired) electrons. The van der Waals surface area contributed by atoms with Gasteiger partial charge in [-0.3, -0.25) is 10.1 Å². The van der Waals surface area contributed by atoms with Gasteiger partial charge in [-0.15, -0.1) is 0 Å². The fraction of sp³-hybridized carbons (Fsp3) is 0.500. The number of hydrogen-bond donors (Lipinski definition) is 1. The maximum Gasteiger partial charge on any atom is 0.324 e. The average molecular weight is 317 g/mol. The monoisotopic (exact) mass is 317 g/mol. The predicted octanol–water partition coefficient (Wildman–Crippen LogP) is 1.11. The molecule has 0 aromatic heterocycles. The third kappa shape index (κ3) is 2.89. The zero-order chi connectivity index (χ0) is 15.6. The second-order valence-electron chi connectivity index (χ2n) is 4.81. The van der Waals surface area contributed by atoms with Crippen molar-refractivity contribution in [3.05, 3.63) is 34.1 Å². The van der Waals surface area contributed by atoms with Crippen molar-refractivity contribution in [2.75, 3.05) is 20.1 Å². The first kappa shape index (κ1) is 15.8. The highest BCUT2D eigenvalue weighted by atomic mass is 32.2. The molecule has 1 aromatic carbocycles. The Labute approximate surface area is 122 Å². The summed E-state index contributed by atoms with van der Waals surface area (Å²) < 4.78 is 40.1. The summed E-state index contributed by atoms with van der Waals surface area (Å²) in [4.78, 5) is 9.40. The minimum absolute atomic E-state index is 0.275. The van der Waals surface area contributed by atoms with Gasteiger partial charge in [0.25, 0.3) is 0 Å². The largest absolute Gasteiger partial charge is 0.324 e. The van der Waals surface area contributed by atoms with E-state index in [-0.39, 0.29) is 12.6 Å². The van der Waals surface area contributed by atoms with E-state index in [0.29, 0.717) is 19.4 Å². The van der Waals surface area contributed by atoms with Gasteiger partial charge in [0.2, 0.25) is 15.8 Å². The van der Waals surface area contributed by atoms with E-state index in [2.05, 4.69) is 5.32 Å². The molecule has 1 heterocycles. The number of sulfonamides is 1. The van der Waals surface area contributed by atoms with Crippen molar-refractivity contribution in [1.29, 1.82) is 0 Å². The molecule has 1 saturated heterocycles. The topological polar surface area (TPSA) is 92.6 Å². The number of rotatable bonds is 5. The third-order valence-electron chi connectivity index (χ3n) is 3.48. The van der Waals surface area contributed by atoms with Crippen molar-refractivity contribution in [3.63, 3.8) is 0 Å². The number of benzene rings is 1. The second-order valence-corrected chi connectivity index (χ2v) is 6.67. The van der Waals surface area contributed by atoms with Crippen LogP contribution in [0.4, 0.5) is 10.1 Å². The number of likely N-dealkylation sites (N-methyl/N-ethyl adjacent to an activating group) is 1. The van der Waals surface area contributed by atoms with Crippen LogP contribution in [0.15, 0.2) is 23.1 Å². The molecule has 1 aliphatic rings. The fourth-order valence-corrected chi connectivity index (χ4v) is 4.43. The number of hydrogen-bond acceptors (Lipinski definition) is 5. The third-order valence-corrected chi connectivity index (χ3v) is 5.47. The van der Waals surface area contributed by atoms with Gasteiger partial charge < -0.3 is 5.32 Å². The van der Waals surface area contributed by atoms with Gasteiger partial charge in [0.1, 0.15) is 0 Å². The molecule has 0 amide bonds. The molecule has 1 unspecified atom stereocenters. The van der Waals surface area contributed by atoms with Crippen molar-refractivity contribution >= 4 is 15.7 Å². The summed E-state index contributed by atoms with van der Waals surface area (Å²) in [6, 6.07) is 2.85. The molecular formula is C12H16FN3O4S. The molecule has 9 heteroatoms. The maximum atomic E-state index is 13.6. The first-order valence-corrected chi connectivity index (χ1v) is 7.93. The minimum Gasteiger partial charge on any atom is -0.318 e. The maximum absolute atomic E-state index is 13.6. The standard InChI is InChI=1S/C12H16FN3O4S/c1-14-8-9-4-3-7-15(9)21(19,20)11-6-2-5-10(13)12(11)16(17)18/h2,5-6,9,14H,3-4,7-8H2,1H3. The number of para-hydroxylation sites is 1. The lowest BCUT2D eigenvalue weighted by Gasteiger charge is -2.23. The Morgan fingerprint density at radius 1 is 1.52 bits per heavy atom. The molecule has 21 heavy (non-hydrogen) atoms. The van der Waals surface area contributed by atoms with Crippen LogP contribution in [-0.2, 0) is 10.0 Å². The number of halogens is 1. The van der Waals surface area contributed by atoms with E-state index >= 15 is 0 Å². The summed E-state index contributed by atoms with van der Waals surface area (Å²) in [5, 5.41) is 13.9. The molecule has 116 valence electrons. The highest BCUT2D eigenvalue weighted by Gasteiger charge is 2.39. The van der Waals surface area contributed by atoms with Crippen molar-refractivity contribution in [2.45, 2.75) is 23.8 Å². The van der Waals surface area contributed by atoms with Gasteiger partial charge in [0.15, 0.2) is 4.90 Å². The molecule has 1 atom stereocenters. The van der Waals surface area contributed by atoms with Crippen molar-refractivity contribution in [1.82, 2.24) is 9.62 Å². The molecule has 0 spiro atoms. The lowest BCUT2D eigenvalue weighted by atomic mass is 10.2. The van der Waals surface area contributed by atoms with Gasteiger partial charge in [-0.25, -0.2) is 8.42 Å². The predicted molar refractivity (Wildman–Crippen MR) is 73.9 cm³/mol. The smallest absolute Gasteiger partial charge is 0.318 e. The van der Waals surface area contributed by atoms with Crippen LogP contribution < -0.4 is 5.32 Å². The van der Waals surface area contributed by atoms with Crippen LogP contribution in [0.2, 0.25) is 0 Å². The Morgan fingerprint density at radius 3 is 2.86 bits per heavy atom. The molecule has 1 fully saturated rings. The van der Waals surface area contributed by atoms with Crippen LogP contribution >= 0.6 is 0 Å². The second kappa shape index (κ2) is 6.04. The van der Waals surface area contributed by atoms with E-state index in [4.69, 9.17) is 0 Å². The number of nitrogens with zero attached hydrogens (tertiary/aromatic N) is 2. The van der Waals surface area contributed by atoms with Gasteiger partial charge in [0, 0.05) is 19.1 Å². The first-order chi connectivity index (χ1) is 9.89. The molecule has 1 aliphatic heterocycles. The molecule has 0 aliphatic carbocycles. The van der Waals surface area contributed by atoms with Gasteiger partial charge in [-0.1, -0.05) is 6.07 Å². The highest BCUT2D eigenvalue weighted by Crippen LogP contribution is 2.32. The minimum atomic E-state index is -4.10. The summed E-state index contributed by atoms with van der Waals surface area (Å²) in [6.45, 7) is 0.727. The Morgan fingerprint density at radius 2 is 2.24 bits per heavy atom. The van der Waals surface area contributed by atoms with Crippen molar-refractivity contribution in [2.24, 2.45) is 0 Å². The number of nitro groups is 1. The van der Waals surface area contributed by atoms with Gasteiger partial charge in [-0.2, -0.15) is 8.70 Å². The lowest BCUT2D eigenvalue weighted by molar-refractivity contribution is -0.390. The number of nitrogens with one attached hydrogen (secondary N) is 1. The van der Waals surface area contributed by atoms with Crippen molar-refractivity contribution < 1.29 is 17.7 Å². The normalized spacial score (nSPS) is 19.8. The van der Waals surface area contributed by atoms with Gasteiger partial charge in [0.05, 0.1) is 4.92 Å². The van der Waals surface area contributed by atoms with E-state index < -0.39 is 31.3 Å². The highest BCUT2D eigenvalue weighted by molar-refractivity contribution is 7.89. The quantitative estimate of drug-likeness (QED) is 0.648. The van der Waals surface area contributed by atoms with E-state index in [1.165, 1.54) is 10.4 Å². The van der Waals surface area contributed by atoms with Crippen molar-refractivity contribution in [3.8, 4) is 0 Å². The van der Waals surface area contributed by atoms with Crippen LogP contribution in [0.5, 0.6) is 0 Å². The SMILES string of the molecule is CNCC1CCCN1S(=O)(=O)c1cccc(F)c1[N+](=O)[O-]. The van der Waals surface area contributed by atoms with Gasteiger partial charge >= 0.3 is 5.69 Å². The molecule has 2 rings (SSSR count). The van der Waals surface area contributed by atoms with E-state index in [0.717, 1.165) is 12.1 Å². The summed E-state index contributed by atoms with van der Waals surface area (Å²) in [6.07, 6.45) is 1.35. The van der Waals surface area contributed by atoms with Crippen LogP contribution in [0.25, 0.3) is 0 Å². The first-order valence-electron chi connectivity index (χ1n) is 6.49. The Kier molecular flexibility index (Phi) is 4.55. The summed E-state index contributed by atoms with van der Waals surface area (Å²) >= 11 is 0. The Hall–Kier alpha value is -1.58. The summed E-state index contributed by atoms with van der Waals surface area (Å²) in [5.74, 6) is -1.15. The molecule has 7 nitrogen and oxygen atoms in total. The lowest BCUT2D eigenvalue weighted by Crippen LogP contribution is -2.41. The zero-order valence-electron chi connectivity index (χ0n) is 11.5. The zero-order valence-corrected chi connectivity index (χ0v) is 12.3. The summed E-state index contributed by atoms with van der Waals surface area (Å²) in [7, 11) is -2.39. The molecule has 1 aromatic rings. The van der Waals surface area contributed by atoms with Gasteiger partial charge in [-0.05, 0) is 32.0 Å². The van der Waals surface area contributed by atoms with E-state index in [9.17, 15) is 22.9 Å². The average Bonchev–Trinajstić information content (AvgIpc) is 2.87. The van der Waals surface area contributed by atoms with E-state index in [1.54, 1.807) is 7.05 Å². The molecule has 0 bridgehead atoms. The molecule has 0 saturated carbocycles. The molecular weight excluding hydrogens is 301 g/mol. The van der Waals surface area contributed by atoms with Crippen LogP contribution in [0.3, 0.4) is 0 Å². The fourth-order valence-electron chi connectivity index (χ4n) is 2.57. The van der Waals surface area contributed by atoms with Crippen LogP contribution in [0.1, 0.15) is 12.8 Å². The summed E-state index contributed by atoms with van der Waals surface area (Å²) in [5.41, 5.74) is -0.993. The molecule has 1 N–H and O–H groups in total. The number of nitro benzene ring substituents is 1. The van der Waals surface area contributed by atoms with E-state index in [1.807, 2.05) is 0 Å². The van der Waals surface area contributed by atoms with Crippen LogP contribution in [-0.4, -0.2) is 43.8 Å².